The van der Waals surface area contributed by atoms with Gasteiger partial charge in [0.15, 0.2) is 0 Å². The van der Waals surface area contributed by atoms with Crippen molar-refractivity contribution in [1.82, 2.24) is 20.5 Å². The lowest BCUT2D eigenvalue weighted by molar-refractivity contribution is -0.120. The van der Waals surface area contributed by atoms with Gasteiger partial charge in [-0.1, -0.05) is 78.0 Å². The number of carbonyl (C=O) groups excluding carboxylic acids is 1. The van der Waals surface area contributed by atoms with Crippen molar-refractivity contribution < 1.29 is 4.79 Å². The summed E-state index contributed by atoms with van der Waals surface area (Å²) >= 11 is 1.33. The van der Waals surface area contributed by atoms with Gasteiger partial charge in [0.05, 0.1) is 5.25 Å². The molecule has 1 aromatic heterocycles. The van der Waals surface area contributed by atoms with Crippen LogP contribution >= 0.6 is 11.8 Å². The fourth-order valence-corrected chi connectivity index (χ4v) is 3.13. The third-order valence-electron chi connectivity index (χ3n) is 3.95. The van der Waals surface area contributed by atoms with E-state index in [0.717, 1.165) is 11.1 Å². The van der Waals surface area contributed by atoms with Gasteiger partial charge in [0.2, 0.25) is 11.1 Å². The first-order chi connectivity index (χ1) is 13.1. The molecule has 0 aliphatic heterocycles. The summed E-state index contributed by atoms with van der Waals surface area (Å²) in [6.45, 7) is 4.41. The number of aromatic amines is 1. The first-order valence-electron chi connectivity index (χ1n) is 8.75. The Kier molecular flexibility index (Phi) is 6.44. The molecule has 2 N–H and O–H groups in total. The molecule has 0 spiro atoms. The van der Waals surface area contributed by atoms with Crippen molar-refractivity contribution in [3.8, 4) is 0 Å². The van der Waals surface area contributed by atoms with Gasteiger partial charge in [-0.2, -0.15) is 0 Å². The molecule has 6 heteroatoms. The average molecular weight is 379 g/mol. The molecule has 3 aromatic rings. The van der Waals surface area contributed by atoms with E-state index in [4.69, 9.17) is 0 Å². The summed E-state index contributed by atoms with van der Waals surface area (Å²) in [5.74, 6) is 0.625. The van der Waals surface area contributed by atoms with E-state index in [0.29, 0.717) is 17.5 Å². The van der Waals surface area contributed by atoms with Gasteiger partial charge in [0.25, 0.3) is 0 Å². The number of benzene rings is 2. The third kappa shape index (κ3) is 5.82. The molecule has 1 heterocycles. The molecule has 2 aromatic carbocycles. The van der Waals surface area contributed by atoms with Crippen LogP contribution < -0.4 is 5.32 Å². The molecule has 27 heavy (non-hydrogen) atoms. The zero-order valence-corrected chi connectivity index (χ0v) is 16.2. The Morgan fingerprint density at radius 1 is 1.15 bits per heavy atom. The SMILES string of the molecule is Cc1ccc(CNC(=O)C(C)Sc2n[nH]c(/C=C/c3ccccc3)n2)cc1. The van der Waals surface area contributed by atoms with Crippen LogP contribution in [0.2, 0.25) is 0 Å². The van der Waals surface area contributed by atoms with Gasteiger partial charge in [-0.05, 0) is 31.1 Å². The Labute approximate surface area is 163 Å². The van der Waals surface area contributed by atoms with Crippen LogP contribution in [0.4, 0.5) is 0 Å². The lowest BCUT2D eigenvalue weighted by Crippen LogP contribution is -2.30. The van der Waals surface area contributed by atoms with Gasteiger partial charge in [-0.15, -0.1) is 5.10 Å². The van der Waals surface area contributed by atoms with Crippen LogP contribution in [0.1, 0.15) is 29.4 Å². The Morgan fingerprint density at radius 2 is 1.89 bits per heavy atom. The molecule has 3 rings (SSSR count). The van der Waals surface area contributed by atoms with E-state index < -0.39 is 0 Å². The molecule has 1 amide bonds. The highest BCUT2D eigenvalue weighted by Crippen LogP contribution is 2.19. The van der Waals surface area contributed by atoms with E-state index in [-0.39, 0.29) is 11.2 Å². The summed E-state index contributed by atoms with van der Waals surface area (Å²) in [5, 5.41) is 10.3. The third-order valence-corrected chi connectivity index (χ3v) is 4.92. The van der Waals surface area contributed by atoms with Gasteiger partial charge in [-0.3, -0.25) is 9.89 Å². The zero-order valence-electron chi connectivity index (χ0n) is 15.3. The number of hydrogen-bond acceptors (Lipinski definition) is 4. The van der Waals surface area contributed by atoms with Crippen molar-refractivity contribution >= 4 is 29.8 Å². The highest BCUT2D eigenvalue weighted by molar-refractivity contribution is 8.00. The largest absolute Gasteiger partial charge is 0.351 e. The van der Waals surface area contributed by atoms with E-state index in [9.17, 15) is 4.79 Å². The van der Waals surface area contributed by atoms with Crippen LogP contribution in [0.25, 0.3) is 12.2 Å². The smallest absolute Gasteiger partial charge is 0.233 e. The molecule has 0 saturated carbocycles. The van der Waals surface area contributed by atoms with Crippen LogP contribution in [0, 0.1) is 6.92 Å². The summed E-state index contributed by atoms with van der Waals surface area (Å²) in [6, 6.07) is 18.1. The fraction of sp³-hybridized carbons (Fsp3) is 0.190. The van der Waals surface area contributed by atoms with E-state index in [1.165, 1.54) is 17.3 Å². The predicted octanol–water partition coefficient (Wildman–Crippen LogP) is 4.08. The van der Waals surface area contributed by atoms with Crippen LogP contribution in [0.15, 0.2) is 59.8 Å². The average Bonchev–Trinajstić information content (AvgIpc) is 3.14. The number of rotatable bonds is 7. The molecule has 0 aliphatic carbocycles. The molecule has 138 valence electrons. The van der Waals surface area contributed by atoms with Crippen molar-refractivity contribution in [3.05, 3.63) is 77.1 Å². The maximum absolute atomic E-state index is 12.3. The van der Waals surface area contributed by atoms with Crippen LogP contribution in [0.5, 0.6) is 0 Å². The molecule has 0 fully saturated rings. The quantitative estimate of drug-likeness (QED) is 0.608. The number of aromatic nitrogens is 3. The summed E-state index contributed by atoms with van der Waals surface area (Å²) in [5.41, 5.74) is 3.38. The summed E-state index contributed by atoms with van der Waals surface area (Å²) < 4.78 is 0. The van der Waals surface area contributed by atoms with Crippen LogP contribution in [-0.2, 0) is 11.3 Å². The molecular weight excluding hydrogens is 356 g/mol. The molecule has 0 radical (unpaired) electrons. The normalized spacial score (nSPS) is 12.2. The van der Waals surface area contributed by atoms with Crippen molar-refractivity contribution in [2.45, 2.75) is 30.8 Å². The maximum Gasteiger partial charge on any atom is 0.233 e. The minimum absolute atomic E-state index is 0.0354. The molecule has 0 aliphatic rings. The molecular formula is C21H22N4OS. The van der Waals surface area contributed by atoms with Crippen molar-refractivity contribution in [3.63, 3.8) is 0 Å². The fourth-order valence-electron chi connectivity index (χ4n) is 2.38. The number of carbonyl (C=O) groups is 1. The van der Waals surface area contributed by atoms with Crippen molar-refractivity contribution in [2.75, 3.05) is 0 Å². The molecule has 0 bridgehead atoms. The number of nitrogens with one attached hydrogen (secondary N) is 2. The van der Waals surface area contributed by atoms with Crippen molar-refractivity contribution in [1.29, 1.82) is 0 Å². The first kappa shape index (κ1) is 18.9. The Hall–Kier alpha value is -2.86. The maximum atomic E-state index is 12.3. The second-order valence-corrected chi connectivity index (χ2v) is 7.52. The summed E-state index contributed by atoms with van der Waals surface area (Å²) in [7, 11) is 0. The molecule has 0 saturated heterocycles. The lowest BCUT2D eigenvalue weighted by atomic mass is 10.1. The standard InChI is InChI=1S/C21H22N4OS/c1-15-8-10-18(11-9-15)14-22-20(26)16(2)27-21-23-19(24-25-21)13-12-17-6-4-3-5-7-17/h3-13,16H,14H2,1-2H3,(H,22,26)(H,23,24,25)/b13-12+. The number of nitrogens with zero attached hydrogens (tertiary/aromatic N) is 2. The molecule has 1 atom stereocenters. The van der Waals surface area contributed by atoms with Gasteiger partial charge >= 0.3 is 0 Å². The first-order valence-corrected chi connectivity index (χ1v) is 9.63. The predicted molar refractivity (Wildman–Crippen MR) is 110 cm³/mol. The van der Waals surface area contributed by atoms with Crippen LogP contribution in [0.3, 0.4) is 0 Å². The molecule has 5 nitrogen and oxygen atoms in total. The number of amides is 1. The Balaban J connectivity index is 1.50. The van der Waals surface area contributed by atoms with E-state index in [1.807, 2.05) is 80.6 Å². The van der Waals surface area contributed by atoms with Gasteiger partial charge in [0.1, 0.15) is 5.82 Å². The molecule has 1 unspecified atom stereocenters. The van der Waals surface area contributed by atoms with Gasteiger partial charge in [-0.25, -0.2) is 4.98 Å². The topological polar surface area (TPSA) is 70.7 Å². The minimum atomic E-state index is -0.280. The summed E-state index contributed by atoms with van der Waals surface area (Å²) in [6.07, 6.45) is 3.83. The number of thioether (sulfide) groups is 1. The zero-order chi connectivity index (χ0) is 19.1. The van der Waals surface area contributed by atoms with Gasteiger partial charge < -0.3 is 5.32 Å². The number of aryl methyl sites for hydroxylation is 1. The highest BCUT2D eigenvalue weighted by atomic mass is 32.2. The van der Waals surface area contributed by atoms with Crippen LogP contribution in [-0.4, -0.2) is 26.3 Å². The highest BCUT2D eigenvalue weighted by Gasteiger charge is 2.16. The Bertz CT molecular complexity index is 903. The van der Waals surface area contributed by atoms with E-state index >= 15 is 0 Å². The van der Waals surface area contributed by atoms with Gasteiger partial charge in [0, 0.05) is 6.54 Å². The minimum Gasteiger partial charge on any atom is -0.351 e. The Morgan fingerprint density at radius 3 is 2.63 bits per heavy atom. The number of H-pyrrole nitrogens is 1. The second-order valence-electron chi connectivity index (χ2n) is 6.21. The van der Waals surface area contributed by atoms with Crippen molar-refractivity contribution in [2.24, 2.45) is 0 Å². The second kappa shape index (κ2) is 9.19. The summed E-state index contributed by atoms with van der Waals surface area (Å²) in [4.78, 5) is 16.7. The van der Waals surface area contributed by atoms with E-state index in [2.05, 4.69) is 20.5 Å². The monoisotopic (exact) mass is 378 g/mol. The lowest BCUT2D eigenvalue weighted by Gasteiger charge is -2.10. The van der Waals surface area contributed by atoms with E-state index in [1.54, 1.807) is 0 Å². The number of hydrogen-bond donors (Lipinski definition) is 2.